The van der Waals surface area contributed by atoms with Crippen molar-refractivity contribution in [2.24, 2.45) is 0 Å². The number of esters is 1. The third kappa shape index (κ3) is 94.6. The van der Waals surface area contributed by atoms with Gasteiger partial charge in [0.05, 0.1) is 44.1 Å². The summed E-state index contributed by atoms with van der Waals surface area (Å²) in [6.07, 6.45) is 100. The molecule has 4 unspecified atom stereocenters. The van der Waals surface area contributed by atoms with Crippen LogP contribution in [-0.2, 0) is 19.1 Å². The molecule has 0 aromatic heterocycles. The first-order valence-electron chi connectivity index (χ1n) is 52.7. The first-order valence-corrected chi connectivity index (χ1v) is 52.7. The van der Waals surface area contributed by atoms with Gasteiger partial charge in [-0.1, -0.05) is 536 Å². The molecular formula is C104H210N2O11. The van der Waals surface area contributed by atoms with Gasteiger partial charge >= 0.3 is 5.97 Å². The first kappa shape index (κ1) is 119. The fraction of sp³-hybridized carbons (Fsp3) is 0.971. The van der Waals surface area contributed by atoms with Crippen molar-refractivity contribution >= 4 is 17.8 Å². The minimum absolute atomic E-state index is 0.0210. The molecule has 0 aliphatic rings. The Balaban J connectivity index is -0.00000170. The van der Waals surface area contributed by atoms with Crippen LogP contribution in [0.25, 0.3) is 0 Å². The molecule has 0 heterocycles. The summed E-state index contributed by atoms with van der Waals surface area (Å²) in [6, 6.07) is -1.78. The predicted octanol–water partition coefficient (Wildman–Crippen LogP) is 29.5. The van der Waals surface area contributed by atoms with Crippen molar-refractivity contribution < 1.29 is 54.9 Å². The van der Waals surface area contributed by atoms with Crippen LogP contribution in [-0.4, -0.2) is 116 Å². The van der Waals surface area contributed by atoms with E-state index in [1.54, 1.807) is 0 Å². The lowest BCUT2D eigenvalue weighted by atomic mass is 9.99. The van der Waals surface area contributed by atoms with E-state index < -0.39 is 55.1 Å². The monoisotopic (exact) mass is 1660 g/mol. The Kier molecular flexibility index (Phi) is 105. The van der Waals surface area contributed by atoms with Crippen LogP contribution in [0.5, 0.6) is 0 Å². The van der Waals surface area contributed by atoms with Crippen molar-refractivity contribution in [3.63, 3.8) is 0 Å². The molecule has 117 heavy (non-hydrogen) atoms. The van der Waals surface area contributed by atoms with E-state index in [0.717, 1.165) is 89.9 Å². The quantitative estimate of drug-likeness (QED) is 0.0206. The molecule has 0 aliphatic heterocycles. The van der Waals surface area contributed by atoms with Crippen molar-refractivity contribution in [1.29, 1.82) is 0 Å². The van der Waals surface area contributed by atoms with Crippen molar-refractivity contribution in [3.05, 3.63) is 0 Å². The van der Waals surface area contributed by atoms with Gasteiger partial charge in [-0.2, -0.15) is 0 Å². The number of aliphatic hydroxyl groups is 7. The lowest BCUT2D eigenvalue weighted by molar-refractivity contribution is -0.144. The zero-order valence-corrected chi connectivity index (χ0v) is 79.5. The maximum atomic E-state index is 12.4. The lowest BCUT2D eigenvalue weighted by Gasteiger charge is -2.27. The van der Waals surface area contributed by atoms with E-state index >= 15 is 0 Å². The largest absolute Gasteiger partial charge is 0.466 e. The fourth-order valence-electron chi connectivity index (χ4n) is 16.5. The van der Waals surface area contributed by atoms with Gasteiger partial charge in [-0.05, 0) is 38.5 Å². The van der Waals surface area contributed by atoms with E-state index in [-0.39, 0.29) is 18.5 Å². The summed E-state index contributed by atoms with van der Waals surface area (Å²) in [5.41, 5.74) is 0. The molecule has 13 heteroatoms. The fourth-order valence-corrected chi connectivity index (χ4v) is 16.5. The second-order valence-electron chi connectivity index (χ2n) is 36.5. The molecule has 0 spiro atoms. The van der Waals surface area contributed by atoms with Crippen molar-refractivity contribution in [2.45, 2.75) is 630 Å². The zero-order chi connectivity index (χ0) is 86.1. The maximum Gasteiger partial charge on any atom is 0.305 e. The molecule has 0 radical (unpaired) electrons. The standard InChI is InChI=1S/C40H81NO4.C36H73NO5.C28H56O2/c1-3-5-7-9-11-13-15-17-18-19-20-21-22-23-25-27-29-31-33-35-39(44)41-37(36-42)40(45)38(43)34-32-30-28-26-24-16-14-12-10-8-6-4-2;1-3-5-7-9-11-13-15-17-18-20-22-24-26-28-30-34(40)36(42)37-32(31-38)35(41)33(39)29-27-25-23-21-19-16-14-12-10-8-6-4-2;1-3-5-7-9-11-13-14-15-16-17-18-19-20-22-24-26-28(29)30-27-25-23-21-12-10-8-6-4-2/h37-38,40,42-43,45H,3-36H2,1-2H3,(H,41,44);32-35,38-41H,3-31H2,1-2H3,(H,37,42);3-27H2,1-2H3/t;32-,33+,34?,35-;/m.0./s1. The van der Waals surface area contributed by atoms with Gasteiger partial charge in [0.1, 0.15) is 18.3 Å². The third-order valence-corrected chi connectivity index (χ3v) is 24.8. The van der Waals surface area contributed by atoms with Gasteiger partial charge in [-0.25, -0.2) is 0 Å². The Morgan fingerprint density at radius 3 is 0.650 bits per heavy atom. The zero-order valence-electron chi connectivity index (χ0n) is 79.5. The molecule has 0 fully saturated rings. The SMILES string of the molecule is CCCCCCCCCCCCCCCCC(O)C(=O)N[C@@H](CO)[C@H](O)[C@H](O)CCCCCCCCCCCCCC.CCCCCCCCCCCCCCCCCC(=O)OCCCCCCCCCC.CCCCCCCCCCCCCCCCCCCCCC(=O)NC(CO)C(O)C(O)CCCCCCCCCCCCCC. The molecule has 0 saturated carbocycles. The van der Waals surface area contributed by atoms with Gasteiger partial charge < -0.3 is 51.1 Å². The second kappa shape index (κ2) is 103. The van der Waals surface area contributed by atoms with Gasteiger partial charge in [0.25, 0.3) is 0 Å². The highest BCUT2D eigenvalue weighted by Gasteiger charge is 2.30. The Hall–Kier alpha value is -1.87. The molecule has 0 saturated heterocycles. The van der Waals surface area contributed by atoms with Gasteiger partial charge in [0.2, 0.25) is 11.8 Å². The molecule has 0 rings (SSSR count). The summed E-state index contributed by atoms with van der Waals surface area (Å²) < 4.78 is 5.37. The number of hydrogen-bond acceptors (Lipinski definition) is 11. The summed E-state index contributed by atoms with van der Waals surface area (Å²) in [7, 11) is 0. The van der Waals surface area contributed by atoms with Gasteiger partial charge in [-0.15, -0.1) is 0 Å². The smallest absolute Gasteiger partial charge is 0.305 e. The van der Waals surface area contributed by atoms with E-state index in [4.69, 9.17) is 4.74 Å². The van der Waals surface area contributed by atoms with E-state index in [9.17, 15) is 50.1 Å². The van der Waals surface area contributed by atoms with Crippen LogP contribution in [0.2, 0.25) is 0 Å². The van der Waals surface area contributed by atoms with E-state index in [1.165, 1.54) is 424 Å². The van der Waals surface area contributed by atoms with Crippen LogP contribution in [0.4, 0.5) is 0 Å². The Morgan fingerprint density at radius 1 is 0.231 bits per heavy atom. The van der Waals surface area contributed by atoms with Crippen LogP contribution >= 0.6 is 0 Å². The number of amides is 2. The molecule has 0 aromatic carbocycles. The Morgan fingerprint density at radius 2 is 0.419 bits per heavy atom. The number of ether oxygens (including phenoxy) is 1. The van der Waals surface area contributed by atoms with Crippen LogP contribution in [0.1, 0.15) is 587 Å². The summed E-state index contributed by atoms with van der Waals surface area (Å²) in [5.74, 6) is -0.703. The number of carbonyl (C=O) groups excluding carboxylic acids is 3. The van der Waals surface area contributed by atoms with Crippen LogP contribution in [0.15, 0.2) is 0 Å². The molecular weight excluding hydrogens is 1450 g/mol. The van der Waals surface area contributed by atoms with Crippen molar-refractivity contribution in [1.82, 2.24) is 10.6 Å². The Bertz CT molecular complexity index is 1880. The minimum Gasteiger partial charge on any atom is -0.466 e. The van der Waals surface area contributed by atoms with Crippen LogP contribution in [0.3, 0.4) is 0 Å². The lowest BCUT2D eigenvalue weighted by Crippen LogP contribution is -2.53. The average molecular weight is 1660 g/mol. The van der Waals surface area contributed by atoms with Crippen LogP contribution in [0, 0.1) is 0 Å². The Labute approximate surface area is 729 Å². The highest BCUT2D eigenvalue weighted by atomic mass is 16.5. The number of hydrogen-bond donors (Lipinski definition) is 9. The number of unbranched alkanes of at least 4 members (excludes halogenated alkanes) is 74. The van der Waals surface area contributed by atoms with Crippen LogP contribution < -0.4 is 10.6 Å². The first-order chi connectivity index (χ1) is 57.3. The topological polar surface area (TPSA) is 226 Å². The molecule has 2 amide bonds. The van der Waals surface area contributed by atoms with E-state index in [2.05, 4.69) is 52.2 Å². The molecule has 13 nitrogen and oxygen atoms in total. The predicted molar refractivity (Wildman–Crippen MR) is 506 cm³/mol. The molecule has 0 aromatic rings. The van der Waals surface area contributed by atoms with Gasteiger partial charge in [0.15, 0.2) is 0 Å². The van der Waals surface area contributed by atoms with Gasteiger partial charge in [-0.3, -0.25) is 14.4 Å². The molecule has 0 bridgehead atoms. The second-order valence-corrected chi connectivity index (χ2v) is 36.5. The molecule has 0 aliphatic carbocycles. The highest BCUT2D eigenvalue weighted by molar-refractivity contribution is 5.80. The van der Waals surface area contributed by atoms with E-state index in [0.29, 0.717) is 38.7 Å². The highest BCUT2D eigenvalue weighted by Crippen LogP contribution is 2.22. The van der Waals surface area contributed by atoms with Gasteiger partial charge in [0, 0.05) is 12.8 Å². The average Bonchev–Trinajstić information content (AvgIpc) is 0.886. The van der Waals surface area contributed by atoms with E-state index in [1.807, 2.05) is 0 Å². The van der Waals surface area contributed by atoms with Crippen molar-refractivity contribution in [2.75, 3.05) is 19.8 Å². The molecule has 9 N–H and O–H groups in total. The molecule has 702 valence electrons. The number of rotatable bonds is 95. The maximum absolute atomic E-state index is 12.4. The number of carbonyl (C=O) groups is 3. The molecule has 7 atom stereocenters. The third-order valence-electron chi connectivity index (χ3n) is 24.8. The summed E-state index contributed by atoms with van der Waals surface area (Å²) in [4.78, 5) is 36.6. The summed E-state index contributed by atoms with van der Waals surface area (Å²) >= 11 is 0. The van der Waals surface area contributed by atoms with Crippen molar-refractivity contribution in [3.8, 4) is 0 Å². The summed E-state index contributed by atoms with van der Waals surface area (Å²) in [6.45, 7) is 13.4. The minimum atomic E-state index is -1.25. The number of aliphatic hydroxyl groups excluding tert-OH is 7. The summed E-state index contributed by atoms with van der Waals surface area (Å²) in [5, 5.41) is 76.8. The normalized spacial score (nSPS) is 13.3. The number of nitrogens with one attached hydrogen (secondary N) is 2.